The monoisotopic (exact) mass is 652 g/mol. The van der Waals surface area contributed by atoms with Crippen molar-refractivity contribution in [2.75, 3.05) is 0 Å². The van der Waals surface area contributed by atoms with E-state index in [1.165, 1.54) is 18.0 Å². The molecule has 0 fully saturated rings. The largest absolute Gasteiger partial charge is 0.443 e. The van der Waals surface area contributed by atoms with Crippen LogP contribution in [0.3, 0.4) is 0 Å². The Balaban J connectivity index is 2.12. The molecule has 0 aliphatic rings. The molecule has 3 amide bonds. The normalized spacial score (nSPS) is 14.5. The van der Waals surface area contributed by atoms with E-state index in [9.17, 15) is 19.5 Å². The van der Waals surface area contributed by atoms with Gasteiger partial charge in [-0.3, -0.25) is 14.6 Å². The number of alkyl halides is 2. The zero-order chi connectivity index (χ0) is 34.9. The zero-order valence-corrected chi connectivity index (χ0v) is 27.8. The van der Waals surface area contributed by atoms with Gasteiger partial charge in [-0.25, -0.2) is 18.5 Å². The predicted octanol–water partition coefficient (Wildman–Crippen LogP) is 5.92. The third kappa shape index (κ3) is 9.89. The maximum Gasteiger partial charge on any atom is 0.417 e. The van der Waals surface area contributed by atoms with Gasteiger partial charge in [-0.1, -0.05) is 80.6 Å². The minimum absolute atomic E-state index is 0.321. The molecule has 1 heterocycles. The number of ether oxygens (including phenoxy) is 1. The van der Waals surface area contributed by atoms with Crippen molar-refractivity contribution in [3.8, 4) is 0 Å². The van der Waals surface area contributed by atoms with Gasteiger partial charge in [-0.15, -0.1) is 0 Å². The number of benzene rings is 2. The molecule has 0 aliphatic carbocycles. The SMILES string of the molecule is CC(=O)N(C(CC(F)(F)C(O)C(Cc1ccccc1)N(C(=O)OCc1ccccn1)C(=O)[C@@H](N)C(C)C)c1ccccc1)C(C)(C)C. The summed E-state index contributed by atoms with van der Waals surface area (Å²) in [6.07, 6.45) is -3.64. The average Bonchev–Trinajstić information content (AvgIpc) is 3.02. The fourth-order valence-electron chi connectivity index (χ4n) is 5.58. The van der Waals surface area contributed by atoms with E-state index in [-0.39, 0.29) is 13.0 Å². The highest BCUT2D eigenvalue weighted by Gasteiger charge is 2.51. The van der Waals surface area contributed by atoms with Crippen LogP contribution >= 0.6 is 0 Å². The molecule has 0 bridgehead atoms. The second-order valence-corrected chi connectivity index (χ2v) is 13.0. The van der Waals surface area contributed by atoms with E-state index >= 15 is 8.78 Å². The Hall–Kier alpha value is -4.22. The fourth-order valence-corrected chi connectivity index (χ4v) is 5.58. The highest BCUT2D eigenvalue weighted by molar-refractivity contribution is 5.95. The number of aromatic nitrogens is 1. The van der Waals surface area contributed by atoms with Gasteiger partial charge >= 0.3 is 6.09 Å². The Kier molecular flexibility index (Phi) is 12.7. The van der Waals surface area contributed by atoms with Crippen LogP contribution in [0.15, 0.2) is 85.1 Å². The quantitative estimate of drug-likeness (QED) is 0.235. The molecule has 0 spiro atoms. The molecule has 3 aromatic rings. The fraction of sp³-hybridized carbons (Fsp3) is 0.444. The van der Waals surface area contributed by atoms with Gasteiger partial charge in [0.2, 0.25) is 11.8 Å². The number of amides is 3. The van der Waals surface area contributed by atoms with Crippen molar-refractivity contribution in [3.63, 3.8) is 0 Å². The number of hydrogen-bond donors (Lipinski definition) is 2. The van der Waals surface area contributed by atoms with E-state index in [0.717, 1.165) is 0 Å². The van der Waals surface area contributed by atoms with Crippen molar-refractivity contribution in [2.24, 2.45) is 11.7 Å². The topological polar surface area (TPSA) is 126 Å². The molecule has 0 aliphatic heterocycles. The van der Waals surface area contributed by atoms with Crippen LogP contribution in [0, 0.1) is 5.92 Å². The van der Waals surface area contributed by atoms with Crippen LogP contribution in [0.4, 0.5) is 13.6 Å². The number of hydrogen-bond acceptors (Lipinski definition) is 7. The van der Waals surface area contributed by atoms with Gasteiger partial charge in [0.05, 0.1) is 23.8 Å². The predicted molar refractivity (Wildman–Crippen MR) is 175 cm³/mol. The highest BCUT2D eigenvalue weighted by atomic mass is 19.3. The lowest BCUT2D eigenvalue weighted by Crippen LogP contribution is -2.61. The van der Waals surface area contributed by atoms with Crippen LogP contribution in [-0.2, 0) is 27.4 Å². The van der Waals surface area contributed by atoms with Crippen LogP contribution in [0.25, 0.3) is 0 Å². The standard InChI is InChI=1S/C36H46F2N4O5/c1-24(2)31(39)33(45)41(34(46)47-23-28-19-13-14-20-40-28)29(21-26-15-9-7-10-16-26)32(44)36(37,38)22-30(27-17-11-8-12-18-27)42(25(3)43)35(4,5)6/h7-20,24,29-32,44H,21-23,39H2,1-6H3/t29?,30?,31-,32?/m0/s1. The van der Waals surface area contributed by atoms with E-state index in [1.807, 2.05) is 0 Å². The lowest BCUT2D eigenvalue weighted by atomic mass is 9.87. The summed E-state index contributed by atoms with van der Waals surface area (Å²) in [6, 6.07) is 17.5. The summed E-state index contributed by atoms with van der Waals surface area (Å²) >= 11 is 0. The Labute approximate surface area is 275 Å². The van der Waals surface area contributed by atoms with E-state index in [2.05, 4.69) is 4.98 Å². The Bertz CT molecular complexity index is 1450. The van der Waals surface area contributed by atoms with Crippen LogP contribution in [0.5, 0.6) is 0 Å². The summed E-state index contributed by atoms with van der Waals surface area (Å²) in [5.74, 6) is -5.81. The molecule has 4 atom stereocenters. The van der Waals surface area contributed by atoms with Crippen molar-refractivity contribution >= 4 is 17.9 Å². The number of pyridine rings is 1. The van der Waals surface area contributed by atoms with Gasteiger partial charge in [0.25, 0.3) is 5.92 Å². The second kappa shape index (κ2) is 16.1. The molecule has 3 N–H and O–H groups in total. The first kappa shape index (κ1) is 37.2. The number of aliphatic hydroxyl groups excluding tert-OH is 1. The maximum absolute atomic E-state index is 16.7. The van der Waals surface area contributed by atoms with Crippen molar-refractivity contribution < 1.29 is 33.0 Å². The van der Waals surface area contributed by atoms with Crippen molar-refractivity contribution in [1.29, 1.82) is 0 Å². The van der Waals surface area contributed by atoms with Gasteiger partial charge in [-0.2, -0.15) is 0 Å². The Morgan fingerprint density at radius 1 is 0.936 bits per heavy atom. The molecule has 2 aromatic carbocycles. The number of rotatable bonds is 13. The number of aliphatic hydroxyl groups is 1. The van der Waals surface area contributed by atoms with Crippen molar-refractivity contribution in [2.45, 2.75) is 96.7 Å². The molecule has 1 aromatic heterocycles. The smallest absolute Gasteiger partial charge is 0.417 e. The van der Waals surface area contributed by atoms with Crippen LogP contribution in [0.1, 0.15) is 70.8 Å². The zero-order valence-electron chi connectivity index (χ0n) is 27.8. The number of imide groups is 1. The number of nitrogens with zero attached hydrogens (tertiary/aromatic N) is 3. The van der Waals surface area contributed by atoms with Gasteiger partial charge in [-0.05, 0) is 56.4 Å². The summed E-state index contributed by atoms with van der Waals surface area (Å²) in [5.41, 5.74) is 6.63. The second-order valence-electron chi connectivity index (χ2n) is 13.0. The number of carbonyl (C=O) groups excluding carboxylic acids is 3. The molecule has 3 rings (SSSR count). The molecule has 11 heteroatoms. The summed E-state index contributed by atoms with van der Waals surface area (Å²) in [6.45, 7) is 9.49. The van der Waals surface area contributed by atoms with Gasteiger partial charge < -0.3 is 20.5 Å². The Morgan fingerprint density at radius 3 is 2.02 bits per heavy atom. The lowest BCUT2D eigenvalue weighted by Gasteiger charge is -2.44. The van der Waals surface area contributed by atoms with E-state index in [0.29, 0.717) is 21.7 Å². The number of carbonyl (C=O) groups is 3. The summed E-state index contributed by atoms with van der Waals surface area (Å²) in [7, 11) is 0. The molecule has 3 unspecified atom stereocenters. The summed E-state index contributed by atoms with van der Waals surface area (Å²) in [5, 5.41) is 11.7. The molecule has 0 saturated heterocycles. The summed E-state index contributed by atoms with van der Waals surface area (Å²) in [4.78, 5) is 46.5. The lowest BCUT2D eigenvalue weighted by molar-refractivity contribution is -0.165. The average molecular weight is 653 g/mol. The van der Waals surface area contributed by atoms with E-state index < -0.39 is 65.9 Å². The van der Waals surface area contributed by atoms with Crippen LogP contribution in [-0.4, -0.2) is 67.4 Å². The van der Waals surface area contributed by atoms with Crippen LogP contribution in [0.2, 0.25) is 0 Å². The highest BCUT2D eigenvalue weighted by Crippen LogP contribution is 2.40. The van der Waals surface area contributed by atoms with Gasteiger partial charge in [0, 0.05) is 25.1 Å². The molecule has 9 nitrogen and oxygen atoms in total. The first-order chi connectivity index (χ1) is 22.0. The summed E-state index contributed by atoms with van der Waals surface area (Å²) < 4.78 is 38.8. The molecule has 254 valence electrons. The first-order valence-corrected chi connectivity index (χ1v) is 15.6. The molecular formula is C36H46F2N4O5. The number of halogens is 2. The van der Waals surface area contributed by atoms with Gasteiger partial charge in [0.1, 0.15) is 12.7 Å². The third-order valence-electron chi connectivity index (χ3n) is 7.95. The first-order valence-electron chi connectivity index (χ1n) is 15.6. The third-order valence-corrected chi connectivity index (χ3v) is 7.95. The molecule has 0 radical (unpaired) electrons. The molecule has 0 saturated carbocycles. The Morgan fingerprint density at radius 2 is 1.51 bits per heavy atom. The molecule has 47 heavy (non-hydrogen) atoms. The van der Waals surface area contributed by atoms with E-state index in [1.54, 1.807) is 113 Å². The minimum Gasteiger partial charge on any atom is -0.443 e. The van der Waals surface area contributed by atoms with E-state index in [4.69, 9.17) is 10.5 Å². The molecular weight excluding hydrogens is 606 g/mol. The maximum atomic E-state index is 16.7. The minimum atomic E-state index is -3.93. The van der Waals surface area contributed by atoms with Crippen molar-refractivity contribution in [3.05, 3.63) is 102 Å². The van der Waals surface area contributed by atoms with Crippen molar-refractivity contribution in [1.82, 2.24) is 14.8 Å². The van der Waals surface area contributed by atoms with Crippen LogP contribution < -0.4 is 5.73 Å². The van der Waals surface area contributed by atoms with Gasteiger partial charge in [0.15, 0.2) is 0 Å². The number of nitrogens with two attached hydrogens (primary N) is 1.